The maximum Gasteiger partial charge on any atom is 0.340 e. The van der Waals surface area contributed by atoms with Gasteiger partial charge in [0.1, 0.15) is 12.2 Å². The second kappa shape index (κ2) is 10.9. The lowest BCUT2D eigenvalue weighted by Crippen LogP contribution is -2.30. The first-order chi connectivity index (χ1) is 16.9. The van der Waals surface area contributed by atoms with Crippen molar-refractivity contribution < 1.29 is 22.7 Å². The van der Waals surface area contributed by atoms with Crippen molar-refractivity contribution in [2.75, 3.05) is 18.5 Å². The van der Waals surface area contributed by atoms with Crippen molar-refractivity contribution in [2.45, 2.75) is 30.6 Å². The molecule has 0 spiro atoms. The van der Waals surface area contributed by atoms with Crippen molar-refractivity contribution in [2.24, 2.45) is 4.99 Å². The standard InChI is InChI=1S/C22H23N7O5S/c30-21(14-34-22(31)18-9-3-4-10-19(18)29-15-24-27-28-29)25-16-7-6-8-17(13-16)35(32,33)26-20-11-2-1-5-12-23-20/h3-4,6-10,13,15H,1-2,5,11-12,14H2,(H,23,26)(H,25,30). The molecule has 0 saturated heterocycles. The van der Waals surface area contributed by atoms with Gasteiger partial charge in [0.25, 0.3) is 15.9 Å². The maximum atomic E-state index is 12.8. The van der Waals surface area contributed by atoms with Gasteiger partial charge < -0.3 is 10.1 Å². The van der Waals surface area contributed by atoms with Crippen molar-refractivity contribution in [3.05, 3.63) is 60.4 Å². The molecule has 1 aromatic heterocycles. The largest absolute Gasteiger partial charge is 0.452 e. The monoisotopic (exact) mass is 497 g/mol. The normalized spacial score (nSPS) is 13.9. The van der Waals surface area contributed by atoms with Crippen LogP contribution in [0.5, 0.6) is 0 Å². The van der Waals surface area contributed by atoms with Gasteiger partial charge in [0.15, 0.2) is 6.61 Å². The fourth-order valence-electron chi connectivity index (χ4n) is 3.44. The average Bonchev–Trinajstić information content (AvgIpc) is 3.28. The summed E-state index contributed by atoms with van der Waals surface area (Å²) in [7, 11) is -3.86. The number of ether oxygens (including phenoxy) is 1. The van der Waals surface area contributed by atoms with Gasteiger partial charge in [-0.05, 0) is 53.6 Å². The Morgan fingerprint density at radius 1 is 1.06 bits per heavy atom. The van der Waals surface area contributed by atoms with Gasteiger partial charge in [-0.2, -0.15) is 4.68 Å². The van der Waals surface area contributed by atoms with E-state index >= 15 is 0 Å². The Labute approximate surface area is 201 Å². The smallest absolute Gasteiger partial charge is 0.340 e. The number of sulfonamides is 1. The number of esters is 1. The van der Waals surface area contributed by atoms with Gasteiger partial charge in [-0.3, -0.25) is 14.5 Å². The van der Waals surface area contributed by atoms with Crippen molar-refractivity contribution in [3.63, 3.8) is 0 Å². The highest BCUT2D eigenvalue weighted by Gasteiger charge is 2.19. The molecule has 0 atom stereocenters. The van der Waals surface area contributed by atoms with Crippen LogP contribution in [-0.4, -0.2) is 59.5 Å². The number of para-hydroxylation sites is 1. The Balaban J connectivity index is 1.37. The number of nitrogens with zero attached hydrogens (tertiary/aromatic N) is 5. The number of amides is 1. The topological polar surface area (TPSA) is 158 Å². The van der Waals surface area contributed by atoms with Crippen molar-refractivity contribution >= 4 is 33.4 Å². The third kappa shape index (κ3) is 6.26. The van der Waals surface area contributed by atoms with E-state index in [4.69, 9.17) is 4.74 Å². The van der Waals surface area contributed by atoms with Crippen LogP contribution in [-0.2, 0) is 19.6 Å². The molecular weight excluding hydrogens is 474 g/mol. The summed E-state index contributed by atoms with van der Waals surface area (Å²) in [6.45, 7) is 0.0156. The van der Waals surface area contributed by atoms with Crippen LogP contribution in [0.25, 0.3) is 5.69 Å². The van der Waals surface area contributed by atoms with E-state index in [1.165, 1.54) is 41.3 Å². The summed E-state index contributed by atoms with van der Waals surface area (Å²) in [6.07, 6.45) is 4.70. The number of anilines is 1. The van der Waals surface area contributed by atoms with Gasteiger partial charge in [0.05, 0.1) is 16.1 Å². The minimum atomic E-state index is -3.86. The molecule has 35 heavy (non-hydrogen) atoms. The lowest BCUT2D eigenvalue weighted by Gasteiger charge is -2.12. The predicted octanol–water partition coefficient (Wildman–Crippen LogP) is 1.71. The molecule has 0 bridgehead atoms. The summed E-state index contributed by atoms with van der Waals surface area (Å²) in [5.74, 6) is -0.935. The van der Waals surface area contributed by atoms with Crippen LogP contribution in [0.1, 0.15) is 36.0 Å². The lowest BCUT2D eigenvalue weighted by molar-refractivity contribution is -0.119. The fourth-order valence-corrected chi connectivity index (χ4v) is 4.57. The molecule has 4 rings (SSSR count). The molecule has 13 heteroatoms. The van der Waals surface area contributed by atoms with Crippen molar-refractivity contribution in [1.29, 1.82) is 0 Å². The number of tetrazole rings is 1. The number of hydrogen-bond acceptors (Lipinski definition) is 9. The Bertz CT molecular complexity index is 1340. The minimum absolute atomic E-state index is 0.0189. The molecule has 2 aromatic carbocycles. The molecule has 0 saturated carbocycles. The zero-order chi connectivity index (χ0) is 24.7. The number of aliphatic imine (C=N–C) groups is 1. The Morgan fingerprint density at radius 2 is 1.91 bits per heavy atom. The quantitative estimate of drug-likeness (QED) is 0.467. The second-order valence-corrected chi connectivity index (χ2v) is 9.35. The zero-order valence-electron chi connectivity index (χ0n) is 18.6. The summed E-state index contributed by atoms with van der Waals surface area (Å²) in [5, 5.41) is 13.4. The summed E-state index contributed by atoms with van der Waals surface area (Å²) in [5.41, 5.74) is 0.811. The Kier molecular flexibility index (Phi) is 7.45. The van der Waals surface area contributed by atoms with E-state index in [9.17, 15) is 18.0 Å². The van der Waals surface area contributed by atoms with Crippen LogP contribution in [0.2, 0.25) is 0 Å². The first-order valence-corrected chi connectivity index (χ1v) is 12.4. The van der Waals surface area contributed by atoms with Crippen LogP contribution in [0.15, 0.2) is 64.7 Å². The van der Waals surface area contributed by atoms with Crippen LogP contribution in [0.3, 0.4) is 0 Å². The Morgan fingerprint density at radius 3 is 2.74 bits per heavy atom. The highest BCUT2D eigenvalue weighted by Crippen LogP contribution is 2.17. The number of aromatic nitrogens is 4. The van der Waals surface area contributed by atoms with E-state index < -0.39 is 28.5 Å². The first-order valence-electron chi connectivity index (χ1n) is 10.9. The van der Waals surface area contributed by atoms with Gasteiger partial charge in [-0.1, -0.05) is 24.6 Å². The number of benzene rings is 2. The van der Waals surface area contributed by atoms with Gasteiger partial charge >= 0.3 is 5.97 Å². The minimum Gasteiger partial charge on any atom is -0.452 e. The van der Waals surface area contributed by atoms with E-state index in [1.807, 2.05) is 0 Å². The number of amidine groups is 1. The summed E-state index contributed by atoms with van der Waals surface area (Å²) in [6, 6.07) is 12.3. The molecule has 12 nitrogen and oxygen atoms in total. The number of nitrogens with one attached hydrogen (secondary N) is 2. The van der Waals surface area contributed by atoms with Gasteiger partial charge in [-0.25, -0.2) is 13.2 Å². The molecule has 2 N–H and O–H groups in total. The number of carbonyl (C=O) groups excluding carboxylic acids is 2. The third-order valence-corrected chi connectivity index (χ3v) is 6.49. The Hall–Kier alpha value is -4.13. The summed E-state index contributed by atoms with van der Waals surface area (Å²) >= 11 is 0. The highest BCUT2D eigenvalue weighted by atomic mass is 32.2. The molecule has 2 heterocycles. The van der Waals surface area contributed by atoms with Crippen LogP contribution in [0, 0.1) is 0 Å². The average molecular weight is 498 g/mol. The fraction of sp³-hybridized carbons (Fsp3) is 0.273. The number of hydrogen-bond donors (Lipinski definition) is 2. The molecule has 0 aliphatic carbocycles. The molecule has 1 amide bonds. The SMILES string of the molecule is O=C(COC(=O)c1ccccc1-n1cnnn1)Nc1cccc(S(=O)(=O)NC2=NCCCCC2)c1. The molecule has 182 valence electrons. The van der Waals surface area contributed by atoms with E-state index in [2.05, 4.69) is 30.6 Å². The van der Waals surface area contributed by atoms with Gasteiger partial charge in [0, 0.05) is 18.7 Å². The predicted molar refractivity (Wildman–Crippen MR) is 126 cm³/mol. The second-order valence-electron chi connectivity index (χ2n) is 7.67. The van der Waals surface area contributed by atoms with E-state index in [-0.39, 0.29) is 16.1 Å². The maximum absolute atomic E-state index is 12.8. The molecule has 0 unspecified atom stereocenters. The summed E-state index contributed by atoms with van der Waals surface area (Å²) in [4.78, 5) is 29.2. The van der Waals surface area contributed by atoms with Crippen molar-refractivity contribution in [1.82, 2.24) is 24.9 Å². The molecule has 3 aromatic rings. The van der Waals surface area contributed by atoms with Crippen LogP contribution < -0.4 is 10.0 Å². The zero-order valence-corrected chi connectivity index (χ0v) is 19.4. The van der Waals surface area contributed by atoms with E-state index in [0.717, 1.165) is 19.3 Å². The van der Waals surface area contributed by atoms with Gasteiger partial charge in [-0.15, -0.1) is 5.10 Å². The molecular formula is C22H23N7O5S. The van der Waals surface area contributed by atoms with E-state index in [0.29, 0.717) is 24.5 Å². The highest BCUT2D eigenvalue weighted by molar-refractivity contribution is 7.90. The van der Waals surface area contributed by atoms with E-state index in [1.54, 1.807) is 18.2 Å². The van der Waals surface area contributed by atoms with Crippen LogP contribution >= 0.6 is 0 Å². The molecule has 0 fully saturated rings. The number of carbonyl (C=O) groups is 2. The van der Waals surface area contributed by atoms with Gasteiger partial charge in [0.2, 0.25) is 0 Å². The summed E-state index contributed by atoms with van der Waals surface area (Å²) < 4.78 is 34.5. The molecule has 1 aliphatic heterocycles. The first kappa shape index (κ1) is 24.0. The lowest BCUT2D eigenvalue weighted by atomic mass is 10.2. The third-order valence-electron chi connectivity index (χ3n) is 5.11. The molecule has 0 radical (unpaired) electrons. The van der Waals surface area contributed by atoms with Crippen LogP contribution in [0.4, 0.5) is 5.69 Å². The van der Waals surface area contributed by atoms with Crippen molar-refractivity contribution in [3.8, 4) is 5.69 Å². The molecule has 1 aliphatic rings. The number of rotatable bonds is 7.